The number of aliphatic hydroxyl groups is 1. The van der Waals surface area contributed by atoms with Gasteiger partial charge in [-0.25, -0.2) is 13.8 Å². The molecule has 3 N–H and O–H groups in total. The molecular formula is C14H23F2N3O. The van der Waals surface area contributed by atoms with Crippen LogP contribution in [0.3, 0.4) is 0 Å². The van der Waals surface area contributed by atoms with E-state index in [4.69, 9.17) is 5.11 Å². The van der Waals surface area contributed by atoms with Crippen LogP contribution in [0.25, 0.3) is 0 Å². The third-order valence-electron chi connectivity index (χ3n) is 2.85. The predicted molar refractivity (Wildman–Crippen MR) is 77.0 cm³/mol. The quantitative estimate of drug-likeness (QED) is 0.579. The summed E-state index contributed by atoms with van der Waals surface area (Å²) in [5, 5.41) is 14.4. The fraction of sp³-hybridized carbons (Fsp3) is 0.643. The number of pyridine rings is 1. The second kappa shape index (κ2) is 9.47. The molecule has 0 saturated heterocycles. The highest BCUT2D eigenvalue weighted by atomic mass is 19.1. The number of aromatic nitrogens is 1. The Morgan fingerprint density at radius 1 is 1.00 bits per heavy atom. The summed E-state index contributed by atoms with van der Waals surface area (Å²) in [5.41, 5.74) is 0. The molecular weight excluding hydrogens is 264 g/mol. The van der Waals surface area contributed by atoms with Crippen molar-refractivity contribution in [3.63, 3.8) is 0 Å². The fourth-order valence-electron chi connectivity index (χ4n) is 1.76. The van der Waals surface area contributed by atoms with E-state index < -0.39 is 11.6 Å². The lowest BCUT2D eigenvalue weighted by Gasteiger charge is -2.10. The van der Waals surface area contributed by atoms with Crippen LogP contribution >= 0.6 is 0 Å². The van der Waals surface area contributed by atoms with E-state index in [1.165, 1.54) is 0 Å². The zero-order valence-corrected chi connectivity index (χ0v) is 11.9. The first-order valence-electron chi connectivity index (χ1n) is 7.13. The molecule has 0 amide bonds. The van der Waals surface area contributed by atoms with Crippen molar-refractivity contribution in [1.29, 1.82) is 0 Å². The summed E-state index contributed by atoms with van der Waals surface area (Å²) in [6, 6.07) is 0.846. The molecule has 0 aliphatic heterocycles. The number of hydrogen-bond acceptors (Lipinski definition) is 4. The minimum atomic E-state index is -0.681. The van der Waals surface area contributed by atoms with Gasteiger partial charge < -0.3 is 15.7 Å². The summed E-state index contributed by atoms with van der Waals surface area (Å²) in [4.78, 5) is 3.93. The second-order valence-electron chi connectivity index (χ2n) is 4.64. The highest BCUT2D eigenvalue weighted by molar-refractivity contribution is 5.47. The second-order valence-corrected chi connectivity index (χ2v) is 4.64. The smallest absolute Gasteiger partial charge is 0.168 e. The zero-order chi connectivity index (χ0) is 14.8. The van der Waals surface area contributed by atoms with Crippen molar-refractivity contribution >= 4 is 11.6 Å². The van der Waals surface area contributed by atoms with Crippen molar-refractivity contribution < 1.29 is 13.9 Å². The van der Waals surface area contributed by atoms with Gasteiger partial charge in [0.05, 0.1) is 0 Å². The predicted octanol–water partition coefficient (Wildman–Crippen LogP) is 3.15. The molecule has 114 valence electrons. The van der Waals surface area contributed by atoms with Crippen LogP contribution in [0.1, 0.15) is 39.0 Å². The van der Waals surface area contributed by atoms with Gasteiger partial charge in [-0.05, 0) is 19.3 Å². The van der Waals surface area contributed by atoms with Gasteiger partial charge in [-0.3, -0.25) is 0 Å². The Morgan fingerprint density at radius 2 is 1.60 bits per heavy atom. The Kier molecular flexibility index (Phi) is 7.87. The molecule has 1 aromatic rings. The molecule has 20 heavy (non-hydrogen) atoms. The number of hydrogen-bond donors (Lipinski definition) is 3. The average molecular weight is 287 g/mol. The third kappa shape index (κ3) is 5.69. The lowest BCUT2D eigenvalue weighted by Crippen LogP contribution is -2.10. The molecule has 1 aromatic heterocycles. The highest BCUT2D eigenvalue weighted by Gasteiger charge is 2.10. The molecule has 0 bridgehead atoms. The van der Waals surface area contributed by atoms with Crippen molar-refractivity contribution in [2.75, 3.05) is 30.3 Å². The Bertz CT molecular complexity index is 402. The summed E-state index contributed by atoms with van der Waals surface area (Å²) in [7, 11) is 0. The van der Waals surface area contributed by atoms with Gasteiger partial charge in [0.25, 0.3) is 0 Å². The number of unbranched alkanes of at least 4 members (excludes halogenated alkanes) is 3. The highest BCUT2D eigenvalue weighted by Crippen LogP contribution is 2.19. The van der Waals surface area contributed by atoms with Gasteiger partial charge >= 0.3 is 0 Å². The van der Waals surface area contributed by atoms with E-state index in [1.807, 2.05) is 6.92 Å². The standard InChI is InChI=1S/C14H23F2N3O/c1-2-7-17-13-11(15)10-12(16)14(19-13)18-8-5-3-4-6-9-20/h10,20H,2-9H2,1H3,(H2,17,18,19). The topological polar surface area (TPSA) is 57.2 Å². The van der Waals surface area contributed by atoms with Crippen molar-refractivity contribution in [3.05, 3.63) is 17.7 Å². The number of anilines is 2. The van der Waals surface area contributed by atoms with E-state index in [1.54, 1.807) is 0 Å². The van der Waals surface area contributed by atoms with Gasteiger partial charge in [0.2, 0.25) is 0 Å². The van der Waals surface area contributed by atoms with Crippen molar-refractivity contribution in [2.45, 2.75) is 39.0 Å². The lowest BCUT2D eigenvalue weighted by molar-refractivity contribution is 0.283. The van der Waals surface area contributed by atoms with Crippen LogP contribution in [-0.2, 0) is 0 Å². The van der Waals surface area contributed by atoms with Gasteiger partial charge in [-0.1, -0.05) is 19.8 Å². The lowest BCUT2D eigenvalue weighted by atomic mass is 10.2. The van der Waals surface area contributed by atoms with Crippen LogP contribution in [0.4, 0.5) is 20.4 Å². The Morgan fingerprint density at radius 3 is 2.20 bits per heavy atom. The van der Waals surface area contributed by atoms with Crippen LogP contribution < -0.4 is 10.6 Å². The maximum atomic E-state index is 13.6. The molecule has 0 atom stereocenters. The van der Waals surface area contributed by atoms with Gasteiger partial charge in [-0.2, -0.15) is 0 Å². The number of halogens is 2. The molecule has 0 saturated carbocycles. The summed E-state index contributed by atoms with van der Waals surface area (Å²) < 4.78 is 27.0. The van der Waals surface area contributed by atoms with Gasteiger partial charge in [0.15, 0.2) is 23.3 Å². The molecule has 0 spiro atoms. The fourth-order valence-corrected chi connectivity index (χ4v) is 1.76. The minimum absolute atomic E-state index is 0.0761. The Labute approximate surface area is 118 Å². The van der Waals surface area contributed by atoms with E-state index in [9.17, 15) is 8.78 Å². The molecule has 0 aromatic carbocycles. The first-order valence-corrected chi connectivity index (χ1v) is 7.13. The monoisotopic (exact) mass is 287 g/mol. The summed E-state index contributed by atoms with van der Waals surface area (Å²) >= 11 is 0. The molecule has 1 heterocycles. The molecule has 4 nitrogen and oxygen atoms in total. The van der Waals surface area contributed by atoms with E-state index in [0.29, 0.717) is 13.1 Å². The SMILES string of the molecule is CCCNc1nc(NCCCCCCO)c(F)cc1F. The van der Waals surface area contributed by atoms with Crippen LogP contribution in [0.5, 0.6) is 0 Å². The first kappa shape index (κ1) is 16.6. The number of aliphatic hydroxyl groups excluding tert-OH is 1. The third-order valence-corrected chi connectivity index (χ3v) is 2.85. The first-order chi connectivity index (χ1) is 9.69. The summed E-state index contributed by atoms with van der Waals surface area (Å²) in [5.74, 6) is -1.20. The molecule has 1 rings (SSSR count). The van der Waals surface area contributed by atoms with E-state index in [2.05, 4.69) is 15.6 Å². The van der Waals surface area contributed by atoms with Crippen LogP contribution in [-0.4, -0.2) is 29.8 Å². The molecule has 0 fully saturated rings. The van der Waals surface area contributed by atoms with Gasteiger partial charge in [0.1, 0.15) is 0 Å². The minimum Gasteiger partial charge on any atom is -0.396 e. The van der Waals surface area contributed by atoms with Crippen molar-refractivity contribution in [2.24, 2.45) is 0 Å². The van der Waals surface area contributed by atoms with Crippen molar-refractivity contribution in [3.8, 4) is 0 Å². The van der Waals surface area contributed by atoms with Gasteiger partial charge in [-0.15, -0.1) is 0 Å². The van der Waals surface area contributed by atoms with Crippen LogP contribution in [0, 0.1) is 11.6 Å². The molecule has 0 aliphatic rings. The maximum absolute atomic E-state index is 13.6. The average Bonchev–Trinajstić information content (AvgIpc) is 2.43. The van der Waals surface area contributed by atoms with Crippen LogP contribution in [0.15, 0.2) is 6.07 Å². The normalized spacial score (nSPS) is 10.6. The Hall–Kier alpha value is -1.43. The van der Waals surface area contributed by atoms with Crippen LogP contribution in [0.2, 0.25) is 0 Å². The molecule has 6 heteroatoms. The van der Waals surface area contributed by atoms with E-state index >= 15 is 0 Å². The molecule has 0 unspecified atom stereocenters. The largest absolute Gasteiger partial charge is 0.396 e. The zero-order valence-electron chi connectivity index (χ0n) is 11.9. The number of nitrogens with one attached hydrogen (secondary N) is 2. The summed E-state index contributed by atoms with van der Waals surface area (Å²) in [6.07, 6.45) is 4.38. The molecule has 0 aliphatic carbocycles. The summed E-state index contributed by atoms with van der Waals surface area (Å²) in [6.45, 7) is 3.33. The number of rotatable bonds is 10. The molecule has 0 radical (unpaired) electrons. The van der Waals surface area contributed by atoms with Gasteiger partial charge in [0, 0.05) is 25.8 Å². The number of nitrogens with zero attached hydrogens (tertiary/aromatic N) is 1. The maximum Gasteiger partial charge on any atom is 0.168 e. The van der Waals surface area contributed by atoms with E-state index in [-0.39, 0.29) is 18.2 Å². The Balaban J connectivity index is 2.47. The van der Waals surface area contributed by atoms with Crippen molar-refractivity contribution in [1.82, 2.24) is 4.98 Å². The van der Waals surface area contributed by atoms with E-state index in [0.717, 1.165) is 38.2 Å².